The molecule has 2 unspecified atom stereocenters. The first-order valence-corrected chi connectivity index (χ1v) is 7.62. The molecule has 5 nitrogen and oxygen atoms in total. The van der Waals surface area contributed by atoms with Crippen LogP contribution in [-0.4, -0.2) is 30.2 Å². The smallest absolute Gasteiger partial charge is 0.304 e. The van der Waals surface area contributed by atoms with Crippen LogP contribution in [0.1, 0.15) is 20.8 Å². The molecule has 0 aliphatic rings. The van der Waals surface area contributed by atoms with E-state index in [-0.39, 0.29) is 11.5 Å². The molecule has 0 heterocycles. The Morgan fingerprint density at radius 1 is 1.42 bits per heavy atom. The van der Waals surface area contributed by atoms with Crippen LogP contribution in [0.5, 0.6) is 5.75 Å². The van der Waals surface area contributed by atoms with Crippen molar-refractivity contribution in [2.24, 2.45) is 5.16 Å². The van der Waals surface area contributed by atoms with Crippen LogP contribution < -0.4 is 10.1 Å². The summed E-state index contributed by atoms with van der Waals surface area (Å²) in [5, 5.41) is 11.1. The molecule has 0 amide bonds. The van der Waals surface area contributed by atoms with Gasteiger partial charge >= 0.3 is 5.88 Å². The molecule has 0 saturated carbocycles. The lowest BCUT2D eigenvalue weighted by atomic mass is 10.2. The van der Waals surface area contributed by atoms with Crippen LogP contribution in [0.2, 0.25) is 0 Å². The highest BCUT2D eigenvalue weighted by Gasteiger charge is 2.30. The first-order chi connectivity index (χ1) is 11.1. The van der Waals surface area contributed by atoms with Gasteiger partial charge in [-0.3, -0.25) is 5.32 Å². The molecule has 1 aromatic rings. The summed E-state index contributed by atoms with van der Waals surface area (Å²) in [5.41, 5.74) is 0.503. The summed E-state index contributed by atoms with van der Waals surface area (Å²) in [6.45, 7) is 4.15. The predicted molar refractivity (Wildman–Crippen MR) is 89.7 cm³/mol. The lowest BCUT2D eigenvalue weighted by Gasteiger charge is -2.18. The molecule has 0 aliphatic heterocycles. The van der Waals surface area contributed by atoms with Crippen molar-refractivity contribution in [3.8, 4) is 5.75 Å². The third-order valence-electron chi connectivity index (χ3n) is 3.09. The molecule has 0 aliphatic carbocycles. The number of nitrogens with one attached hydrogen (secondary N) is 1. The molecule has 0 aromatic heterocycles. The Morgan fingerprint density at radius 3 is 2.46 bits per heavy atom. The molecule has 24 heavy (non-hydrogen) atoms. The summed E-state index contributed by atoms with van der Waals surface area (Å²) >= 11 is 5.49. The number of hydrogen-bond donors (Lipinski definition) is 2. The van der Waals surface area contributed by atoms with E-state index in [1.165, 1.54) is 37.4 Å². The number of benzene rings is 1. The van der Waals surface area contributed by atoms with Gasteiger partial charge in [0.1, 0.15) is 17.1 Å². The maximum absolute atomic E-state index is 13.5. The van der Waals surface area contributed by atoms with Crippen LogP contribution >= 0.6 is 11.6 Å². The predicted octanol–water partition coefficient (Wildman–Crippen LogP) is 2.96. The van der Waals surface area contributed by atoms with Gasteiger partial charge in [-0.2, -0.15) is 0 Å². The molecular weight excluding hydrogens is 340 g/mol. The summed E-state index contributed by atoms with van der Waals surface area (Å²) in [7, 11) is 1.72. The average Bonchev–Trinajstić information content (AvgIpc) is 2.50. The molecule has 132 valence electrons. The maximum Gasteiger partial charge on any atom is 0.304 e. The van der Waals surface area contributed by atoms with Crippen molar-refractivity contribution >= 4 is 23.5 Å². The number of alkyl halides is 2. The normalized spacial score (nSPS) is 16.3. The molecule has 0 bridgehead atoms. The maximum atomic E-state index is 13.5. The van der Waals surface area contributed by atoms with Gasteiger partial charge < -0.3 is 15.0 Å². The van der Waals surface area contributed by atoms with Gasteiger partial charge in [-0.15, -0.1) is 0 Å². The van der Waals surface area contributed by atoms with Crippen molar-refractivity contribution in [2.75, 3.05) is 7.05 Å². The molecule has 1 aromatic carbocycles. The van der Waals surface area contributed by atoms with Gasteiger partial charge in [0.05, 0.1) is 13.3 Å². The monoisotopic (exact) mass is 360 g/mol. The van der Waals surface area contributed by atoms with Crippen LogP contribution in [0.3, 0.4) is 0 Å². The zero-order valence-corrected chi connectivity index (χ0v) is 14.7. The van der Waals surface area contributed by atoms with E-state index in [2.05, 4.69) is 5.16 Å². The van der Waals surface area contributed by atoms with Gasteiger partial charge in [0, 0.05) is 5.71 Å². The lowest BCUT2D eigenvalue weighted by molar-refractivity contribution is -0.598. The van der Waals surface area contributed by atoms with Crippen LogP contribution in [0, 0.1) is 11.2 Å². The minimum Gasteiger partial charge on any atom is -0.412 e. The van der Waals surface area contributed by atoms with E-state index in [4.69, 9.17) is 26.6 Å². The van der Waals surface area contributed by atoms with Crippen molar-refractivity contribution in [3.63, 3.8) is 0 Å². The van der Waals surface area contributed by atoms with E-state index in [1.54, 1.807) is 19.3 Å². The number of halogens is 3. The zero-order chi connectivity index (χ0) is 18.3. The van der Waals surface area contributed by atoms with Crippen molar-refractivity contribution in [2.45, 2.75) is 32.0 Å². The third-order valence-corrected chi connectivity index (χ3v) is 3.40. The van der Waals surface area contributed by atoms with E-state index in [1.807, 2.05) is 0 Å². The molecule has 0 saturated heterocycles. The summed E-state index contributed by atoms with van der Waals surface area (Å²) in [4.78, 5) is 4.96. The fraction of sp³-hybridized carbons (Fsp3) is 0.375. The number of nitrogens with zero attached hydrogens (tertiary/aromatic N) is 1. The molecule has 0 fully saturated rings. The van der Waals surface area contributed by atoms with Crippen LogP contribution in [0.15, 0.2) is 40.9 Å². The molecular formula is C16H21ClF2N3O2+. The number of allylic oxidation sites excluding steroid dienone is 1. The fourth-order valence-electron chi connectivity index (χ4n) is 1.51. The topological polar surface area (TPSA) is 71.3 Å². The van der Waals surface area contributed by atoms with E-state index in [9.17, 15) is 8.78 Å². The summed E-state index contributed by atoms with van der Waals surface area (Å²) in [6, 6.07) is 5.46. The summed E-state index contributed by atoms with van der Waals surface area (Å²) in [5.74, 6) is 0.363. The average molecular weight is 361 g/mol. The fourth-order valence-corrected chi connectivity index (χ4v) is 1.55. The first kappa shape index (κ1) is 20.1. The second-order valence-corrected chi connectivity index (χ2v) is 5.93. The third kappa shape index (κ3) is 6.25. The van der Waals surface area contributed by atoms with Crippen LogP contribution in [0.4, 0.5) is 8.78 Å². The van der Waals surface area contributed by atoms with Crippen molar-refractivity contribution < 1.29 is 23.7 Å². The second-order valence-electron chi connectivity index (χ2n) is 5.19. The van der Waals surface area contributed by atoms with Gasteiger partial charge in [0.2, 0.25) is 5.13 Å². The SMILES string of the molecule is C[NH2+]C(Oc1ccc(F)cc1)=C(C=NOC(C)C(C)(F)Cl)C(C)=N. The van der Waals surface area contributed by atoms with Crippen LogP contribution in [0.25, 0.3) is 0 Å². The Bertz CT molecular complexity index is 625. The van der Waals surface area contributed by atoms with Crippen molar-refractivity contribution in [3.05, 3.63) is 41.5 Å². The second kappa shape index (κ2) is 8.75. The molecule has 0 radical (unpaired) electrons. The molecule has 1 rings (SSSR count). The van der Waals surface area contributed by atoms with E-state index in [0.717, 1.165) is 6.92 Å². The first-order valence-electron chi connectivity index (χ1n) is 7.24. The minimum atomic E-state index is -2.06. The van der Waals surface area contributed by atoms with Gasteiger partial charge in [-0.05, 0) is 45.0 Å². The number of hydrogen-bond acceptors (Lipinski definition) is 4. The van der Waals surface area contributed by atoms with E-state index in [0.29, 0.717) is 17.2 Å². The molecule has 2 atom stereocenters. The van der Waals surface area contributed by atoms with Gasteiger partial charge in [0.15, 0.2) is 6.10 Å². The van der Waals surface area contributed by atoms with Gasteiger partial charge in [0.25, 0.3) is 0 Å². The standard InChI is InChI=1S/C16H20ClF2N3O2/c1-10(20)14(9-22-24-11(2)16(3,17)19)15(21-4)23-13-7-5-12(18)6-8-13/h5-9,11,20-21H,1-4H3/p+1. The van der Waals surface area contributed by atoms with E-state index < -0.39 is 11.2 Å². The Kier molecular flexibility index (Phi) is 7.31. The highest BCUT2D eigenvalue weighted by Crippen LogP contribution is 2.23. The Morgan fingerprint density at radius 2 is 2.00 bits per heavy atom. The Balaban J connectivity index is 2.98. The molecule has 3 N–H and O–H groups in total. The van der Waals surface area contributed by atoms with E-state index >= 15 is 0 Å². The number of nitrogens with two attached hydrogens (primary N) is 1. The quantitative estimate of drug-likeness (QED) is 0.324. The van der Waals surface area contributed by atoms with Crippen LogP contribution in [-0.2, 0) is 4.84 Å². The minimum absolute atomic E-state index is 0.166. The largest absolute Gasteiger partial charge is 0.412 e. The molecule has 0 spiro atoms. The van der Waals surface area contributed by atoms with Gasteiger partial charge in [-0.25, -0.2) is 8.78 Å². The summed E-state index contributed by atoms with van der Waals surface area (Å²) in [6.07, 6.45) is 0.273. The van der Waals surface area contributed by atoms with Crippen molar-refractivity contribution in [1.29, 1.82) is 5.41 Å². The Labute approximate surface area is 144 Å². The number of rotatable bonds is 8. The number of quaternary nitrogens is 1. The highest BCUT2D eigenvalue weighted by molar-refractivity contribution is 6.22. The summed E-state index contributed by atoms with van der Waals surface area (Å²) < 4.78 is 32.0. The number of ether oxygens (including phenoxy) is 1. The van der Waals surface area contributed by atoms with Gasteiger partial charge in [-0.1, -0.05) is 16.8 Å². The van der Waals surface area contributed by atoms with Crippen molar-refractivity contribution in [1.82, 2.24) is 0 Å². The highest BCUT2D eigenvalue weighted by atomic mass is 35.5. The lowest BCUT2D eigenvalue weighted by Crippen LogP contribution is -2.79. The Hall–Kier alpha value is -1.99. The number of oxime groups is 1. The molecule has 8 heteroatoms. The zero-order valence-electron chi connectivity index (χ0n) is 13.9.